The Labute approximate surface area is 133 Å². The van der Waals surface area contributed by atoms with E-state index in [9.17, 15) is 0 Å². The number of piperidine rings is 1. The Balaban J connectivity index is 1.49. The molecule has 7 nitrogen and oxygen atoms in total. The second kappa shape index (κ2) is 6.97. The van der Waals surface area contributed by atoms with Crippen molar-refractivity contribution in [2.24, 2.45) is 0 Å². The van der Waals surface area contributed by atoms with Crippen molar-refractivity contribution < 1.29 is 4.74 Å². The molecule has 0 amide bonds. The fraction of sp³-hybridized carbons (Fsp3) is 0.571. The summed E-state index contributed by atoms with van der Waals surface area (Å²) in [4.78, 5) is 10.7. The average molecular weight is 320 g/mol. The number of hydrogen-bond acceptors (Lipinski definition) is 8. The first-order valence-corrected chi connectivity index (χ1v) is 8.18. The molecule has 3 rings (SSSR count). The molecule has 1 aliphatic heterocycles. The van der Waals surface area contributed by atoms with Crippen LogP contribution in [-0.4, -0.2) is 51.3 Å². The monoisotopic (exact) mass is 320 g/mol. The summed E-state index contributed by atoms with van der Waals surface area (Å²) < 4.78 is 5.12. The predicted octanol–water partition coefficient (Wildman–Crippen LogP) is 1.72. The lowest BCUT2D eigenvalue weighted by molar-refractivity contribution is 0.210. The third kappa shape index (κ3) is 3.89. The fourth-order valence-electron chi connectivity index (χ4n) is 2.57. The molecule has 1 aliphatic rings. The molecule has 0 aliphatic carbocycles. The number of methoxy groups -OCH3 is 1. The number of aryl methyl sites for hydroxylation is 1. The van der Waals surface area contributed by atoms with Crippen LogP contribution in [0.3, 0.4) is 0 Å². The molecule has 0 atom stereocenters. The van der Waals surface area contributed by atoms with Gasteiger partial charge in [-0.25, -0.2) is 9.97 Å². The van der Waals surface area contributed by atoms with E-state index >= 15 is 0 Å². The first-order valence-electron chi connectivity index (χ1n) is 7.37. The Morgan fingerprint density at radius 3 is 2.82 bits per heavy atom. The smallest absolute Gasteiger partial charge is 0.218 e. The summed E-state index contributed by atoms with van der Waals surface area (Å²) in [5, 5.41) is 13.9. The lowest BCUT2D eigenvalue weighted by atomic mass is 10.1. The Bertz CT molecular complexity index is 611. The number of ether oxygens (including phenoxy) is 1. The van der Waals surface area contributed by atoms with E-state index in [1.165, 1.54) is 6.33 Å². The van der Waals surface area contributed by atoms with Crippen molar-refractivity contribution in [3.8, 4) is 5.88 Å². The van der Waals surface area contributed by atoms with Gasteiger partial charge in [-0.3, -0.25) is 4.90 Å². The van der Waals surface area contributed by atoms with Crippen LogP contribution < -0.4 is 10.1 Å². The van der Waals surface area contributed by atoms with Crippen LogP contribution in [0.4, 0.5) is 5.82 Å². The zero-order valence-electron chi connectivity index (χ0n) is 12.8. The van der Waals surface area contributed by atoms with Gasteiger partial charge in [0, 0.05) is 25.2 Å². The summed E-state index contributed by atoms with van der Waals surface area (Å²) in [7, 11) is 1.61. The van der Waals surface area contributed by atoms with E-state index in [1.54, 1.807) is 18.4 Å². The molecular formula is C14H20N6OS. The van der Waals surface area contributed by atoms with Crippen LogP contribution in [0.5, 0.6) is 5.88 Å². The van der Waals surface area contributed by atoms with E-state index in [0.29, 0.717) is 11.9 Å². The molecule has 118 valence electrons. The van der Waals surface area contributed by atoms with Crippen LogP contribution >= 0.6 is 11.3 Å². The normalized spacial score (nSPS) is 16.6. The van der Waals surface area contributed by atoms with Crippen LogP contribution in [0, 0.1) is 6.92 Å². The molecule has 1 N–H and O–H groups in total. The van der Waals surface area contributed by atoms with E-state index in [0.717, 1.165) is 48.3 Å². The van der Waals surface area contributed by atoms with Gasteiger partial charge in [-0.2, -0.15) is 0 Å². The maximum atomic E-state index is 5.12. The van der Waals surface area contributed by atoms with E-state index in [1.807, 2.05) is 13.0 Å². The summed E-state index contributed by atoms with van der Waals surface area (Å²) in [5.74, 6) is 1.41. The summed E-state index contributed by atoms with van der Waals surface area (Å²) in [6.07, 6.45) is 3.70. The van der Waals surface area contributed by atoms with Crippen LogP contribution in [0.25, 0.3) is 0 Å². The van der Waals surface area contributed by atoms with Gasteiger partial charge in [0.1, 0.15) is 22.2 Å². The third-order valence-corrected chi connectivity index (χ3v) is 4.54. The van der Waals surface area contributed by atoms with Crippen LogP contribution in [0.1, 0.15) is 22.9 Å². The van der Waals surface area contributed by atoms with Gasteiger partial charge >= 0.3 is 0 Å². The van der Waals surface area contributed by atoms with Crippen molar-refractivity contribution in [1.29, 1.82) is 0 Å². The molecule has 22 heavy (non-hydrogen) atoms. The Kier molecular flexibility index (Phi) is 4.79. The summed E-state index contributed by atoms with van der Waals surface area (Å²) in [6, 6.07) is 2.27. The second-order valence-electron chi connectivity index (χ2n) is 5.36. The topological polar surface area (TPSA) is 76.1 Å². The molecule has 2 aromatic rings. The molecule has 0 spiro atoms. The molecule has 0 radical (unpaired) electrons. The number of nitrogens with zero attached hydrogens (tertiary/aromatic N) is 5. The first kappa shape index (κ1) is 15.1. The molecule has 1 fully saturated rings. The molecule has 3 heterocycles. The molecule has 0 bridgehead atoms. The predicted molar refractivity (Wildman–Crippen MR) is 85.2 cm³/mol. The standard InChI is InChI=1S/C14H20N6OS/c1-10-18-19-14(22-10)8-20-5-3-11(4-6-20)17-12-7-13(21-2)16-9-15-12/h7,9,11H,3-6,8H2,1-2H3,(H,15,16,17). The zero-order valence-corrected chi connectivity index (χ0v) is 13.6. The molecule has 0 aromatic carbocycles. The third-order valence-electron chi connectivity index (χ3n) is 3.72. The van der Waals surface area contributed by atoms with Gasteiger partial charge in [0.05, 0.1) is 13.7 Å². The quantitative estimate of drug-likeness (QED) is 0.899. The SMILES string of the molecule is COc1cc(NC2CCN(Cc3nnc(C)s3)CC2)ncn1. The Hall–Kier alpha value is -1.80. The molecular weight excluding hydrogens is 300 g/mol. The number of hydrogen-bond donors (Lipinski definition) is 1. The molecule has 0 unspecified atom stereocenters. The minimum Gasteiger partial charge on any atom is -0.481 e. The minimum absolute atomic E-state index is 0.437. The number of nitrogens with one attached hydrogen (secondary N) is 1. The van der Waals surface area contributed by atoms with Gasteiger partial charge in [0.25, 0.3) is 0 Å². The Morgan fingerprint density at radius 1 is 1.32 bits per heavy atom. The number of rotatable bonds is 5. The van der Waals surface area contributed by atoms with Crippen molar-refractivity contribution in [3.63, 3.8) is 0 Å². The number of aromatic nitrogens is 4. The summed E-state index contributed by atoms with van der Waals surface area (Å²) >= 11 is 1.68. The van der Waals surface area contributed by atoms with Gasteiger partial charge < -0.3 is 10.1 Å². The highest BCUT2D eigenvalue weighted by Crippen LogP contribution is 2.19. The first-order chi connectivity index (χ1) is 10.7. The van der Waals surface area contributed by atoms with Gasteiger partial charge in [-0.05, 0) is 19.8 Å². The van der Waals surface area contributed by atoms with Crippen LogP contribution in [0.15, 0.2) is 12.4 Å². The van der Waals surface area contributed by atoms with Gasteiger partial charge in [0.2, 0.25) is 5.88 Å². The molecule has 1 saturated heterocycles. The second-order valence-corrected chi connectivity index (χ2v) is 6.62. The van der Waals surface area contributed by atoms with E-state index in [-0.39, 0.29) is 0 Å². The summed E-state index contributed by atoms with van der Waals surface area (Å²) in [5.41, 5.74) is 0. The number of likely N-dealkylation sites (tertiary alicyclic amines) is 1. The Morgan fingerprint density at radius 2 is 2.14 bits per heavy atom. The zero-order chi connectivity index (χ0) is 15.4. The van der Waals surface area contributed by atoms with E-state index < -0.39 is 0 Å². The average Bonchev–Trinajstić information content (AvgIpc) is 2.94. The van der Waals surface area contributed by atoms with E-state index in [2.05, 4.69) is 30.4 Å². The fourth-order valence-corrected chi connectivity index (χ4v) is 3.32. The number of anilines is 1. The van der Waals surface area contributed by atoms with Crippen molar-refractivity contribution in [2.45, 2.75) is 32.4 Å². The van der Waals surface area contributed by atoms with Crippen LogP contribution in [0.2, 0.25) is 0 Å². The summed E-state index contributed by atoms with van der Waals surface area (Å²) in [6.45, 7) is 5.00. The highest BCUT2D eigenvalue weighted by Gasteiger charge is 2.20. The molecule has 0 saturated carbocycles. The van der Waals surface area contributed by atoms with Crippen molar-refractivity contribution in [3.05, 3.63) is 22.4 Å². The van der Waals surface area contributed by atoms with Gasteiger partial charge in [-0.1, -0.05) is 0 Å². The van der Waals surface area contributed by atoms with Crippen molar-refractivity contribution in [2.75, 3.05) is 25.5 Å². The maximum absolute atomic E-state index is 5.12. The van der Waals surface area contributed by atoms with Gasteiger partial charge in [-0.15, -0.1) is 21.5 Å². The van der Waals surface area contributed by atoms with Crippen LogP contribution in [-0.2, 0) is 6.54 Å². The largest absolute Gasteiger partial charge is 0.481 e. The minimum atomic E-state index is 0.437. The lowest BCUT2D eigenvalue weighted by Gasteiger charge is -2.31. The highest BCUT2D eigenvalue weighted by molar-refractivity contribution is 7.11. The van der Waals surface area contributed by atoms with Gasteiger partial charge in [0.15, 0.2) is 0 Å². The van der Waals surface area contributed by atoms with Crippen molar-refractivity contribution in [1.82, 2.24) is 25.1 Å². The molecule has 2 aromatic heterocycles. The van der Waals surface area contributed by atoms with E-state index in [4.69, 9.17) is 4.74 Å². The highest BCUT2D eigenvalue weighted by atomic mass is 32.1. The molecule has 8 heteroatoms. The van der Waals surface area contributed by atoms with Crippen molar-refractivity contribution >= 4 is 17.2 Å². The lowest BCUT2D eigenvalue weighted by Crippen LogP contribution is -2.38. The maximum Gasteiger partial charge on any atom is 0.218 e.